The second kappa shape index (κ2) is 4.67. The lowest BCUT2D eigenvalue weighted by molar-refractivity contribution is 0.620. The summed E-state index contributed by atoms with van der Waals surface area (Å²) >= 11 is 9.39. The van der Waals surface area contributed by atoms with E-state index in [2.05, 4.69) is 15.9 Å². The van der Waals surface area contributed by atoms with Crippen molar-refractivity contribution in [2.24, 2.45) is 0 Å². The SMILES string of the molecule is Fc1ccc(Br)cc1C1=CC(Cl)CCC1. The van der Waals surface area contributed by atoms with Gasteiger partial charge in [0.25, 0.3) is 0 Å². The Bertz CT molecular complexity index is 401. The Morgan fingerprint density at radius 2 is 2.20 bits per heavy atom. The number of rotatable bonds is 1. The molecule has 0 saturated carbocycles. The Morgan fingerprint density at radius 1 is 1.40 bits per heavy atom. The molecule has 1 aliphatic carbocycles. The molecule has 0 radical (unpaired) electrons. The minimum atomic E-state index is -0.171. The molecule has 0 aliphatic heterocycles. The van der Waals surface area contributed by atoms with Crippen LogP contribution >= 0.6 is 27.5 Å². The zero-order chi connectivity index (χ0) is 10.8. The molecule has 1 aliphatic rings. The molecule has 0 N–H and O–H groups in total. The fourth-order valence-corrected chi connectivity index (χ4v) is 2.51. The summed E-state index contributed by atoms with van der Waals surface area (Å²) in [5.41, 5.74) is 1.70. The van der Waals surface area contributed by atoms with Crippen molar-refractivity contribution in [3.63, 3.8) is 0 Å². The first-order valence-corrected chi connectivity index (χ1v) is 6.20. The standard InChI is InChI=1S/C12H11BrClF/c13-9-4-5-12(15)11(7-9)8-2-1-3-10(14)6-8/h4-7,10H,1-3H2. The summed E-state index contributed by atoms with van der Waals surface area (Å²) in [5.74, 6) is -0.171. The molecular formula is C12H11BrClF. The number of alkyl halides is 1. The molecule has 3 heteroatoms. The fraction of sp³-hybridized carbons (Fsp3) is 0.333. The average molecular weight is 290 g/mol. The van der Waals surface area contributed by atoms with E-state index in [0.29, 0.717) is 5.56 Å². The molecule has 2 rings (SSSR count). The van der Waals surface area contributed by atoms with E-state index in [1.165, 1.54) is 6.07 Å². The monoisotopic (exact) mass is 288 g/mol. The summed E-state index contributed by atoms with van der Waals surface area (Å²) in [6.45, 7) is 0. The number of hydrogen-bond acceptors (Lipinski definition) is 0. The second-order valence-corrected chi connectivity index (χ2v) is 5.20. The molecule has 80 valence electrons. The van der Waals surface area contributed by atoms with Crippen molar-refractivity contribution in [3.05, 3.63) is 40.1 Å². The van der Waals surface area contributed by atoms with Crippen LogP contribution in [0, 0.1) is 5.82 Å². The van der Waals surface area contributed by atoms with Crippen LogP contribution in [0.5, 0.6) is 0 Å². The van der Waals surface area contributed by atoms with Gasteiger partial charge < -0.3 is 0 Å². The van der Waals surface area contributed by atoms with Crippen molar-refractivity contribution in [1.82, 2.24) is 0 Å². The van der Waals surface area contributed by atoms with E-state index < -0.39 is 0 Å². The third-order valence-electron chi connectivity index (χ3n) is 2.58. The summed E-state index contributed by atoms with van der Waals surface area (Å²) in [6, 6.07) is 5.01. The van der Waals surface area contributed by atoms with Crippen LogP contribution in [0.2, 0.25) is 0 Å². The number of benzene rings is 1. The van der Waals surface area contributed by atoms with E-state index in [1.54, 1.807) is 6.07 Å². The Kier molecular flexibility index (Phi) is 3.47. The molecule has 0 amide bonds. The molecular weight excluding hydrogens is 278 g/mol. The normalized spacial score (nSPS) is 21.3. The predicted molar refractivity (Wildman–Crippen MR) is 65.6 cm³/mol. The first-order valence-electron chi connectivity index (χ1n) is 4.97. The lowest BCUT2D eigenvalue weighted by atomic mass is 9.93. The molecule has 0 aromatic heterocycles. The second-order valence-electron chi connectivity index (χ2n) is 3.72. The van der Waals surface area contributed by atoms with E-state index in [9.17, 15) is 4.39 Å². The average Bonchev–Trinajstić information content (AvgIpc) is 2.22. The van der Waals surface area contributed by atoms with Crippen LogP contribution in [0.4, 0.5) is 4.39 Å². The maximum Gasteiger partial charge on any atom is 0.130 e. The third-order valence-corrected chi connectivity index (χ3v) is 3.42. The van der Waals surface area contributed by atoms with E-state index in [-0.39, 0.29) is 11.2 Å². The number of allylic oxidation sites excluding steroid dienone is 2. The van der Waals surface area contributed by atoms with Crippen molar-refractivity contribution in [2.45, 2.75) is 24.6 Å². The Labute approximate surface area is 102 Å². The van der Waals surface area contributed by atoms with Gasteiger partial charge in [-0.2, -0.15) is 0 Å². The molecule has 0 spiro atoms. The van der Waals surface area contributed by atoms with E-state index >= 15 is 0 Å². The zero-order valence-corrected chi connectivity index (χ0v) is 10.5. The van der Waals surface area contributed by atoms with Crippen molar-refractivity contribution in [2.75, 3.05) is 0 Å². The largest absolute Gasteiger partial charge is 0.206 e. The summed E-state index contributed by atoms with van der Waals surface area (Å²) in [6.07, 6.45) is 4.90. The zero-order valence-electron chi connectivity index (χ0n) is 8.14. The maximum absolute atomic E-state index is 13.6. The van der Waals surface area contributed by atoms with Gasteiger partial charge >= 0.3 is 0 Å². The highest BCUT2D eigenvalue weighted by atomic mass is 79.9. The molecule has 0 fully saturated rings. The number of halogens is 3. The summed E-state index contributed by atoms with van der Waals surface area (Å²) in [7, 11) is 0. The van der Waals surface area contributed by atoms with Gasteiger partial charge in [-0.15, -0.1) is 11.6 Å². The van der Waals surface area contributed by atoms with Crippen LogP contribution in [0.3, 0.4) is 0 Å². The highest BCUT2D eigenvalue weighted by Crippen LogP contribution is 2.31. The molecule has 1 aromatic carbocycles. The van der Waals surface area contributed by atoms with Crippen LogP contribution in [0.25, 0.3) is 5.57 Å². The minimum Gasteiger partial charge on any atom is -0.206 e. The summed E-state index contributed by atoms with van der Waals surface area (Å²) in [4.78, 5) is 0. The van der Waals surface area contributed by atoms with Crippen LogP contribution < -0.4 is 0 Å². The van der Waals surface area contributed by atoms with E-state index in [1.807, 2.05) is 12.1 Å². The van der Waals surface area contributed by atoms with E-state index in [4.69, 9.17) is 11.6 Å². The quantitative estimate of drug-likeness (QED) is 0.654. The van der Waals surface area contributed by atoms with E-state index in [0.717, 1.165) is 29.3 Å². The molecule has 0 heterocycles. The van der Waals surface area contributed by atoms with Crippen molar-refractivity contribution in [3.8, 4) is 0 Å². The molecule has 1 unspecified atom stereocenters. The molecule has 0 bridgehead atoms. The van der Waals surface area contributed by atoms with Crippen molar-refractivity contribution < 1.29 is 4.39 Å². The highest BCUT2D eigenvalue weighted by molar-refractivity contribution is 9.10. The van der Waals surface area contributed by atoms with Gasteiger partial charge in [-0.25, -0.2) is 4.39 Å². The third kappa shape index (κ3) is 2.61. The first-order chi connectivity index (χ1) is 7.16. The smallest absolute Gasteiger partial charge is 0.130 e. The van der Waals surface area contributed by atoms with Crippen molar-refractivity contribution >= 4 is 33.1 Å². The van der Waals surface area contributed by atoms with Gasteiger partial charge in [0.2, 0.25) is 0 Å². The molecule has 15 heavy (non-hydrogen) atoms. The molecule has 1 aromatic rings. The van der Waals surface area contributed by atoms with Crippen LogP contribution in [-0.4, -0.2) is 5.38 Å². The summed E-state index contributed by atoms with van der Waals surface area (Å²) in [5, 5.41) is 0.0483. The predicted octanol–water partition coefficient (Wildman–Crippen LogP) is 4.76. The highest BCUT2D eigenvalue weighted by Gasteiger charge is 2.15. The van der Waals surface area contributed by atoms with Gasteiger partial charge in [-0.1, -0.05) is 22.0 Å². The lowest BCUT2D eigenvalue weighted by Crippen LogP contribution is -2.03. The van der Waals surface area contributed by atoms with Gasteiger partial charge in [-0.3, -0.25) is 0 Å². The Balaban J connectivity index is 2.40. The van der Waals surface area contributed by atoms with Gasteiger partial charge in [0.05, 0.1) is 5.38 Å². The number of hydrogen-bond donors (Lipinski definition) is 0. The Hall–Kier alpha value is -0.340. The van der Waals surface area contributed by atoms with Crippen LogP contribution in [0.15, 0.2) is 28.7 Å². The van der Waals surface area contributed by atoms with Gasteiger partial charge in [0.1, 0.15) is 5.82 Å². The fourth-order valence-electron chi connectivity index (χ4n) is 1.84. The van der Waals surface area contributed by atoms with Gasteiger partial charge in [0, 0.05) is 10.0 Å². The van der Waals surface area contributed by atoms with Gasteiger partial charge in [-0.05, 0) is 43.0 Å². The Morgan fingerprint density at radius 3 is 2.93 bits per heavy atom. The van der Waals surface area contributed by atoms with Gasteiger partial charge in [0.15, 0.2) is 0 Å². The van der Waals surface area contributed by atoms with Crippen molar-refractivity contribution in [1.29, 1.82) is 0 Å². The molecule has 0 saturated heterocycles. The molecule has 1 atom stereocenters. The summed E-state index contributed by atoms with van der Waals surface area (Å²) < 4.78 is 14.5. The minimum absolute atomic E-state index is 0.0483. The lowest BCUT2D eigenvalue weighted by Gasteiger charge is -2.17. The van der Waals surface area contributed by atoms with Crippen LogP contribution in [0.1, 0.15) is 24.8 Å². The topological polar surface area (TPSA) is 0 Å². The maximum atomic E-state index is 13.6. The first kappa shape index (κ1) is 11.2. The molecule has 0 nitrogen and oxygen atoms in total. The van der Waals surface area contributed by atoms with Crippen LogP contribution in [-0.2, 0) is 0 Å².